The fourth-order valence-electron chi connectivity index (χ4n) is 1.95. The van der Waals surface area contributed by atoms with E-state index in [1.807, 2.05) is 0 Å². The maximum Gasteiger partial charge on any atom is 0.337 e. The van der Waals surface area contributed by atoms with Crippen LogP contribution in [-0.4, -0.2) is 31.6 Å². The van der Waals surface area contributed by atoms with Gasteiger partial charge >= 0.3 is 5.92 Å². The zero-order valence-electron chi connectivity index (χ0n) is 11.8. The van der Waals surface area contributed by atoms with Gasteiger partial charge in [0.05, 0.1) is 6.54 Å². The minimum Gasteiger partial charge on any atom is -0.382 e. The van der Waals surface area contributed by atoms with Crippen LogP contribution in [0.4, 0.5) is 17.6 Å². The first kappa shape index (κ1) is 22.1. The van der Waals surface area contributed by atoms with Crippen molar-refractivity contribution >= 4 is 30.6 Å². The Bertz CT molecular complexity index is 701. The number of rotatable bonds is 5. The van der Waals surface area contributed by atoms with E-state index in [0.29, 0.717) is 18.2 Å². The standard InChI is InChI=1S/C12H11F4N5O.2ClH/c13-7-1-2-8(9(14)3-7)11(22,12(15,16)10(17)18)4-21-6-19-5-20-21;;/h1-3,5-6,22H,4H2,(H3,17,18);2*1H. The molecule has 0 spiro atoms. The number of halogens is 6. The van der Waals surface area contributed by atoms with E-state index in [9.17, 15) is 22.7 Å². The molecule has 0 saturated carbocycles. The zero-order valence-corrected chi connectivity index (χ0v) is 13.4. The fraction of sp³-hybridized carbons (Fsp3) is 0.250. The first-order valence-electron chi connectivity index (χ1n) is 5.91. The van der Waals surface area contributed by atoms with Crippen molar-refractivity contribution in [1.29, 1.82) is 5.41 Å². The van der Waals surface area contributed by atoms with E-state index < -0.39 is 41.1 Å². The molecule has 0 aliphatic carbocycles. The van der Waals surface area contributed by atoms with Crippen LogP contribution >= 0.6 is 24.8 Å². The van der Waals surface area contributed by atoms with Crippen molar-refractivity contribution in [1.82, 2.24) is 14.8 Å². The van der Waals surface area contributed by atoms with Crippen LogP contribution in [0.3, 0.4) is 0 Å². The molecule has 12 heteroatoms. The Labute approximate surface area is 146 Å². The molecule has 0 radical (unpaired) electrons. The lowest BCUT2D eigenvalue weighted by Crippen LogP contribution is -2.56. The number of hydrogen-bond acceptors (Lipinski definition) is 4. The highest BCUT2D eigenvalue weighted by Crippen LogP contribution is 2.40. The summed E-state index contributed by atoms with van der Waals surface area (Å²) in [5, 5.41) is 20.9. The van der Waals surface area contributed by atoms with Gasteiger partial charge in [-0.15, -0.1) is 24.8 Å². The average Bonchev–Trinajstić information content (AvgIpc) is 2.90. The highest BCUT2D eigenvalue weighted by Gasteiger charge is 2.58. The second kappa shape index (κ2) is 7.77. The maximum absolute atomic E-state index is 14.2. The van der Waals surface area contributed by atoms with Gasteiger partial charge in [0.15, 0.2) is 11.4 Å². The van der Waals surface area contributed by atoms with Gasteiger partial charge in [-0.3, -0.25) is 5.41 Å². The predicted octanol–water partition coefficient (Wildman–Crippen LogP) is 1.86. The lowest BCUT2D eigenvalue weighted by Gasteiger charge is -2.35. The predicted molar refractivity (Wildman–Crippen MR) is 81.6 cm³/mol. The smallest absolute Gasteiger partial charge is 0.337 e. The van der Waals surface area contributed by atoms with Crippen LogP contribution < -0.4 is 5.73 Å². The highest BCUT2D eigenvalue weighted by atomic mass is 35.5. The SMILES string of the molecule is Cl.Cl.N=C(N)C(F)(F)C(O)(Cn1cncn1)c1ccc(F)cc1F. The molecule has 0 aliphatic heterocycles. The summed E-state index contributed by atoms with van der Waals surface area (Å²) in [6, 6.07) is 1.72. The molecule has 1 heterocycles. The summed E-state index contributed by atoms with van der Waals surface area (Å²) in [6.45, 7) is -0.942. The first-order valence-corrected chi connectivity index (χ1v) is 5.91. The number of aliphatic hydroxyl groups is 1. The third kappa shape index (κ3) is 3.77. The Morgan fingerprint density at radius 1 is 1.29 bits per heavy atom. The molecule has 2 aromatic rings. The van der Waals surface area contributed by atoms with Crippen LogP contribution in [0.2, 0.25) is 0 Å². The largest absolute Gasteiger partial charge is 0.382 e. The summed E-state index contributed by atoms with van der Waals surface area (Å²) in [4.78, 5) is 3.52. The van der Waals surface area contributed by atoms with Gasteiger partial charge < -0.3 is 10.8 Å². The number of nitrogens with one attached hydrogen (secondary N) is 1. The molecule has 1 aromatic carbocycles. The quantitative estimate of drug-likeness (QED) is 0.412. The van der Waals surface area contributed by atoms with Gasteiger partial charge in [0.25, 0.3) is 0 Å². The summed E-state index contributed by atoms with van der Waals surface area (Å²) in [6.07, 6.45) is 2.04. The third-order valence-electron chi connectivity index (χ3n) is 3.09. The molecule has 134 valence electrons. The lowest BCUT2D eigenvalue weighted by atomic mass is 9.86. The topological polar surface area (TPSA) is 101 Å². The molecule has 4 N–H and O–H groups in total. The summed E-state index contributed by atoms with van der Waals surface area (Å²) in [5.74, 6) is -8.39. The van der Waals surface area contributed by atoms with Gasteiger partial charge in [-0.2, -0.15) is 13.9 Å². The summed E-state index contributed by atoms with van der Waals surface area (Å²) >= 11 is 0. The van der Waals surface area contributed by atoms with Crippen LogP contribution in [-0.2, 0) is 12.1 Å². The molecule has 24 heavy (non-hydrogen) atoms. The van der Waals surface area contributed by atoms with Crippen molar-refractivity contribution in [3.8, 4) is 0 Å². The number of benzene rings is 1. The molecule has 0 aliphatic rings. The lowest BCUT2D eigenvalue weighted by molar-refractivity contribution is -0.155. The van der Waals surface area contributed by atoms with E-state index in [0.717, 1.165) is 17.3 Å². The minimum absolute atomic E-state index is 0. The van der Waals surface area contributed by atoms with E-state index in [1.54, 1.807) is 0 Å². The Balaban J connectivity index is 0.00000264. The molecule has 2 rings (SSSR count). The normalized spacial score (nSPS) is 13.4. The number of aromatic nitrogens is 3. The number of nitrogens with zero attached hydrogens (tertiary/aromatic N) is 3. The summed E-state index contributed by atoms with van der Waals surface area (Å²) in [7, 11) is 0. The second-order valence-electron chi connectivity index (χ2n) is 4.57. The Hall–Kier alpha value is -1.91. The minimum atomic E-state index is -4.32. The second-order valence-corrected chi connectivity index (χ2v) is 4.57. The molecule has 0 fully saturated rings. The number of hydrogen-bond donors (Lipinski definition) is 3. The van der Waals surface area contributed by atoms with Crippen LogP contribution in [0.25, 0.3) is 0 Å². The van der Waals surface area contributed by atoms with Gasteiger partial charge in [-0.1, -0.05) is 0 Å². The molecule has 1 aromatic heterocycles. The Morgan fingerprint density at radius 3 is 2.38 bits per heavy atom. The van der Waals surface area contributed by atoms with Gasteiger partial charge in [-0.25, -0.2) is 18.4 Å². The van der Waals surface area contributed by atoms with Crippen LogP contribution in [0.5, 0.6) is 0 Å². The van der Waals surface area contributed by atoms with Crippen molar-refractivity contribution in [2.75, 3.05) is 0 Å². The monoisotopic (exact) mass is 389 g/mol. The van der Waals surface area contributed by atoms with E-state index in [1.165, 1.54) is 0 Å². The van der Waals surface area contributed by atoms with Crippen molar-refractivity contribution in [3.05, 3.63) is 48.1 Å². The molecule has 6 nitrogen and oxygen atoms in total. The van der Waals surface area contributed by atoms with Crippen LogP contribution in [0.1, 0.15) is 5.56 Å². The van der Waals surface area contributed by atoms with Crippen molar-refractivity contribution in [2.45, 2.75) is 18.1 Å². The molecule has 0 saturated heterocycles. The summed E-state index contributed by atoms with van der Waals surface area (Å²) < 4.78 is 56.1. The van der Waals surface area contributed by atoms with Gasteiger partial charge in [0, 0.05) is 11.6 Å². The summed E-state index contributed by atoms with van der Waals surface area (Å²) in [5.41, 5.74) is 0.676. The zero-order chi connectivity index (χ0) is 16.5. The fourth-order valence-corrected chi connectivity index (χ4v) is 1.95. The van der Waals surface area contributed by atoms with Crippen molar-refractivity contribution in [3.63, 3.8) is 0 Å². The third-order valence-corrected chi connectivity index (χ3v) is 3.09. The molecule has 1 atom stereocenters. The van der Waals surface area contributed by atoms with E-state index >= 15 is 0 Å². The van der Waals surface area contributed by atoms with Crippen LogP contribution in [0, 0.1) is 17.0 Å². The molecule has 0 amide bonds. The average molecular weight is 390 g/mol. The number of amidine groups is 1. The van der Waals surface area contributed by atoms with Crippen LogP contribution in [0.15, 0.2) is 30.9 Å². The number of nitrogens with two attached hydrogens (primary N) is 1. The molecule has 1 unspecified atom stereocenters. The van der Waals surface area contributed by atoms with E-state index in [4.69, 9.17) is 11.1 Å². The number of alkyl halides is 2. The van der Waals surface area contributed by atoms with Crippen molar-refractivity contribution < 1.29 is 22.7 Å². The molecular formula is C12H13Cl2F4N5O. The van der Waals surface area contributed by atoms with Gasteiger partial charge in [0.1, 0.15) is 24.3 Å². The Morgan fingerprint density at radius 2 is 1.92 bits per heavy atom. The molecular weight excluding hydrogens is 377 g/mol. The first-order chi connectivity index (χ1) is 10.2. The maximum atomic E-state index is 14.2. The van der Waals surface area contributed by atoms with Gasteiger partial charge in [0.2, 0.25) is 0 Å². The Kier molecular flexibility index (Phi) is 7.16. The van der Waals surface area contributed by atoms with Gasteiger partial charge in [-0.05, 0) is 12.1 Å². The highest BCUT2D eigenvalue weighted by molar-refractivity contribution is 5.86. The van der Waals surface area contributed by atoms with E-state index in [-0.39, 0.29) is 24.8 Å². The molecule has 0 bridgehead atoms. The van der Waals surface area contributed by atoms with E-state index in [2.05, 4.69) is 10.1 Å². The van der Waals surface area contributed by atoms with Crippen molar-refractivity contribution in [2.24, 2.45) is 5.73 Å².